The molecule has 0 saturated carbocycles. The Morgan fingerprint density at radius 3 is 2.93 bits per heavy atom. The second kappa shape index (κ2) is 12.2. The van der Waals surface area contributed by atoms with E-state index >= 15 is 0 Å². The third-order valence-electron chi connectivity index (χ3n) is 7.01. The summed E-state index contributed by atoms with van der Waals surface area (Å²) in [7, 11) is 2.00. The van der Waals surface area contributed by atoms with E-state index < -0.39 is 6.09 Å². The van der Waals surface area contributed by atoms with Crippen LogP contribution in [-0.2, 0) is 33.8 Å². The Morgan fingerprint density at radius 1 is 1.32 bits per heavy atom. The van der Waals surface area contributed by atoms with Crippen molar-refractivity contribution in [3.8, 4) is 11.6 Å². The molecule has 1 fully saturated rings. The Morgan fingerprint density at radius 2 is 2.15 bits per heavy atom. The summed E-state index contributed by atoms with van der Waals surface area (Å²) in [5.74, 6) is 0.574. The van der Waals surface area contributed by atoms with Crippen molar-refractivity contribution in [1.29, 1.82) is 0 Å². The second-order valence-electron chi connectivity index (χ2n) is 9.69. The summed E-state index contributed by atoms with van der Waals surface area (Å²) in [6, 6.07) is 5.28. The van der Waals surface area contributed by atoms with E-state index in [1.54, 1.807) is 6.20 Å². The van der Waals surface area contributed by atoms with Gasteiger partial charge in [0.15, 0.2) is 18.2 Å². The average molecular weight is 570 g/mol. The minimum atomic E-state index is -0.520. The largest absolute Gasteiger partial charge is 0.487 e. The molecule has 2 unspecified atom stereocenters. The Bertz CT molecular complexity index is 1420. The summed E-state index contributed by atoms with van der Waals surface area (Å²) in [4.78, 5) is 44.4. The molecule has 216 valence electrons. The SMILES string of the molecule is CN(CCC1CN(c2cnc3c(n2)NC(=O)CO3)C(=O)O1)C1Cc2cc(OCc3ccn[nH]3)cc(F)c2C1.O=CO. The molecule has 3 N–H and O–H groups in total. The van der Waals surface area contributed by atoms with Gasteiger partial charge in [-0.15, -0.1) is 0 Å². The van der Waals surface area contributed by atoms with Crippen molar-refractivity contribution in [2.45, 2.75) is 38.0 Å². The number of carbonyl (C=O) groups is 3. The molecule has 2 aliphatic heterocycles. The quantitative estimate of drug-likeness (QED) is 0.338. The number of H-pyrrole nitrogens is 1. The molecule has 2 amide bonds. The molecule has 1 aliphatic carbocycles. The number of anilines is 2. The highest BCUT2D eigenvalue weighted by atomic mass is 19.1. The Labute approximate surface area is 233 Å². The van der Waals surface area contributed by atoms with E-state index in [1.165, 1.54) is 17.2 Å². The van der Waals surface area contributed by atoms with Crippen LogP contribution in [0.4, 0.5) is 20.8 Å². The standard InChI is InChI=1S/C25H26FN7O5.CH2O2/c1-32(16-6-14-7-18(9-20(26)19(14)8-16)36-12-15-2-4-28-31-15)5-3-17-11-33(25(35)38-17)21-10-27-24-23(29-21)30-22(34)13-37-24;2-1-3/h2,4,7,9-10,16-17H,3,5-6,8,11-13H2,1H3,(H,28,31)(H,29,30,34);1H,(H,2,3). The molecule has 6 rings (SSSR count). The average Bonchev–Trinajstić information content (AvgIpc) is 3.71. The number of benzene rings is 1. The smallest absolute Gasteiger partial charge is 0.415 e. The van der Waals surface area contributed by atoms with Crippen LogP contribution in [0.1, 0.15) is 23.2 Å². The van der Waals surface area contributed by atoms with Gasteiger partial charge in [-0.25, -0.2) is 19.2 Å². The molecule has 1 saturated heterocycles. The highest BCUT2D eigenvalue weighted by Crippen LogP contribution is 2.32. The molecular formula is C26H28FN7O7. The van der Waals surface area contributed by atoms with Crippen LogP contribution in [0.25, 0.3) is 0 Å². The minimum Gasteiger partial charge on any atom is -0.487 e. The molecule has 4 heterocycles. The fourth-order valence-electron chi connectivity index (χ4n) is 4.94. The number of halogens is 1. The van der Waals surface area contributed by atoms with Gasteiger partial charge in [0.1, 0.15) is 24.3 Å². The molecule has 14 nitrogen and oxygen atoms in total. The molecule has 41 heavy (non-hydrogen) atoms. The van der Waals surface area contributed by atoms with Gasteiger partial charge < -0.3 is 29.5 Å². The minimum absolute atomic E-state index is 0.123. The molecule has 0 spiro atoms. The van der Waals surface area contributed by atoms with E-state index in [2.05, 4.69) is 30.4 Å². The van der Waals surface area contributed by atoms with E-state index in [4.69, 9.17) is 24.1 Å². The first-order valence-corrected chi connectivity index (χ1v) is 12.8. The predicted molar refractivity (Wildman–Crippen MR) is 140 cm³/mol. The maximum Gasteiger partial charge on any atom is 0.415 e. The first kappa shape index (κ1) is 27.8. The number of aromatic amines is 1. The summed E-state index contributed by atoms with van der Waals surface area (Å²) in [5.41, 5.74) is 2.48. The lowest BCUT2D eigenvalue weighted by Crippen LogP contribution is -2.35. The predicted octanol–water partition coefficient (Wildman–Crippen LogP) is 1.76. The second-order valence-corrected chi connectivity index (χ2v) is 9.69. The molecule has 1 aromatic carbocycles. The van der Waals surface area contributed by atoms with Crippen LogP contribution in [0.3, 0.4) is 0 Å². The van der Waals surface area contributed by atoms with E-state index in [1.807, 2.05) is 19.2 Å². The van der Waals surface area contributed by atoms with Crippen LogP contribution < -0.4 is 19.7 Å². The first-order valence-electron chi connectivity index (χ1n) is 12.8. The Hall–Kier alpha value is -4.79. The number of rotatable bonds is 8. The van der Waals surface area contributed by atoms with Crippen LogP contribution in [0, 0.1) is 5.82 Å². The van der Waals surface area contributed by atoms with Gasteiger partial charge in [0.05, 0.1) is 18.4 Å². The van der Waals surface area contributed by atoms with Gasteiger partial charge in [-0.1, -0.05) is 0 Å². The third kappa shape index (κ3) is 6.35. The molecular weight excluding hydrogens is 541 g/mol. The zero-order chi connectivity index (χ0) is 28.9. The lowest BCUT2D eigenvalue weighted by molar-refractivity contribution is -0.123. The van der Waals surface area contributed by atoms with Gasteiger partial charge in [-0.05, 0) is 49.6 Å². The number of hydrogen-bond donors (Lipinski definition) is 3. The van der Waals surface area contributed by atoms with E-state index in [9.17, 15) is 14.0 Å². The molecule has 15 heteroatoms. The van der Waals surface area contributed by atoms with Gasteiger partial charge in [0.25, 0.3) is 18.3 Å². The van der Waals surface area contributed by atoms with Crippen molar-refractivity contribution in [3.05, 3.63) is 53.2 Å². The third-order valence-corrected chi connectivity index (χ3v) is 7.01. The summed E-state index contributed by atoms with van der Waals surface area (Å²) in [6.45, 7) is 0.890. The number of nitrogens with zero attached hydrogens (tertiary/aromatic N) is 5. The molecule has 2 atom stereocenters. The van der Waals surface area contributed by atoms with Gasteiger partial charge in [-0.3, -0.25) is 19.6 Å². The molecule has 0 radical (unpaired) electrons. The molecule has 3 aromatic rings. The first-order chi connectivity index (χ1) is 19.8. The fraction of sp³-hybridized carbons (Fsp3) is 0.385. The van der Waals surface area contributed by atoms with Crippen molar-refractivity contribution in [3.63, 3.8) is 0 Å². The Balaban J connectivity index is 0.00000108. The van der Waals surface area contributed by atoms with Gasteiger partial charge >= 0.3 is 6.09 Å². The number of fused-ring (bicyclic) bond motifs is 2. The van der Waals surface area contributed by atoms with Gasteiger partial charge in [0, 0.05) is 24.8 Å². The highest BCUT2D eigenvalue weighted by molar-refractivity contribution is 5.94. The maximum atomic E-state index is 14.8. The summed E-state index contributed by atoms with van der Waals surface area (Å²) in [5, 5.41) is 16.2. The van der Waals surface area contributed by atoms with Gasteiger partial charge in [-0.2, -0.15) is 5.10 Å². The molecule has 2 aromatic heterocycles. The van der Waals surface area contributed by atoms with Crippen molar-refractivity contribution < 1.29 is 38.1 Å². The zero-order valence-electron chi connectivity index (χ0n) is 22.1. The van der Waals surface area contributed by atoms with Crippen LogP contribution in [-0.4, -0.2) is 87.5 Å². The maximum absolute atomic E-state index is 14.8. The number of carboxylic acid groups (broad SMARTS) is 1. The van der Waals surface area contributed by atoms with Crippen LogP contribution in [0.2, 0.25) is 0 Å². The lowest BCUT2D eigenvalue weighted by Gasteiger charge is -2.25. The normalized spacial score (nSPS) is 19.0. The number of carbonyl (C=O) groups excluding carboxylic acids is 2. The van der Waals surface area contributed by atoms with Crippen LogP contribution in [0.5, 0.6) is 11.6 Å². The number of aromatic nitrogens is 4. The highest BCUT2D eigenvalue weighted by Gasteiger charge is 2.35. The molecule has 0 bridgehead atoms. The number of likely N-dealkylation sites (N-methyl/N-ethyl adjacent to an activating group) is 1. The zero-order valence-corrected chi connectivity index (χ0v) is 22.1. The summed E-state index contributed by atoms with van der Waals surface area (Å²) >= 11 is 0. The topological polar surface area (TPSA) is 172 Å². The molecule has 3 aliphatic rings. The van der Waals surface area contributed by atoms with Crippen molar-refractivity contribution in [2.24, 2.45) is 0 Å². The van der Waals surface area contributed by atoms with Crippen LogP contribution >= 0.6 is 0 Å². The fourth-order valence-corrected chi connectivity index (χ4v) is 4.94. The Kier molecular flexibility index (Phi) is 8.24. The number of hydrogen-bond acceptors (Lipinski definition) is 10. The van der Waals surface area contributed by atoms with E-state index in [0.29, 0.717) is 38.1 Å². The van der Waals surface area contributed by atoms with E-state index in [-0.39, 0.29) is 61.1 Å². The van der Waals surface area contributed by atoms with E-state index in [0.717, 1.165) is 16.8 Å². The van der Waals surface area contributed by atoms with Gasteiger partial charge in [0.2, 0.25) is 0 Å². The van der Waals surface area contributed by atoms with Crippen molar-refractivity contribution in [2.75, 3.05) is 37.0 Å². The monoisotopic (exact) mass is 569 g/mol. The number of amides is 2. The lowest BCUT2D eigenvalue weighted by atomic mass is 10.1. The number of nitrogens with one attached hydrogen (secondary N) is 2. The summed E-state index contributed by atoms with van der Waals surface area (Å²) < 4.78 is 31.4. The number of cyclic esters (lactones) is 1. The summed E-state index contributed by atoms with van der Waals surface area (Å²) in [6.07, 6.45) is 4.12. The van der Waals surface area contributed by atoms with Crippen molar-refractivity contribution in [1.82, 2.24) is 25.1 Å². The van der Waals surface area contributed by atoms with Crippen molar-refractivity contribution >= 4 is 30.1 Å². The number of ether oxygens (including phenoxy) is 3. The van der Waals surface area contributed by atoms with Crippen LogP contribution in [0.15, 0.2) is 30.6 Å².